The van der Waals surface area contributed by atoms with Crippen molar-refractivity contribution >= 4 is 5.91 Å². The highest BCUT2D eigenvalue weighted by molar-refractivity contribution is 5.77. The van der Waals surface area contributed by atoms with Crippen molar-refractivity contribution in [1.29, 1.82) is 0 Å². The van der Waals surface area contributed by atoms with Gasteiger partial charge < -0.3 is 24.3 Å². The fourth-order valence-electron chi connectivity index (χ4n) is 7.02. The predicted octanol–water partition coefficient (Wildman–Crippen LogP) is 3.62. The van der Waals surface area contributed by atoms with E-state index in [1.165, 1.54) is 19.3 Å². The van der Waals surface area contributed by atoms with Gasteiger partial charge in [-0.2, -0.15) is 0 Å². The molecular formula is C23H40N4O5. The van der Waals surface area contributed by atoms with E-state index in [2.05, 4.69) is 29.2 Å². The van der Waals surface area contributed by atoms with E-state index in [1.807, 2.05) is 0 Å². The Kier molecular flexibility index (Phi) is 9.20. The van der Waals surface area contributed by atoms with Crippen LogP contribution in [0.1, 0.15) is 58.8 Å². The highest BCUT2D eigenvalue weighted by Crippen LogP contribution is 2.66. The van der Waals surface area contributed by atoms with Crippen LogP contribution in [0.15, 0.2) is 5.11 Å². The van der Waals surface area contributed by atoms with E-state index in [-0.39, 0.29) is 11.4 Å². The van der Waals surface area contributed by atoms with Crippen LogP contribution in [0.3, 0.4) is 0 Å². The molecule has 4 rings (SSSR count). The van der Waals surface area contributed by atoms with Crippen molar-refractivity contribution in [2.75, 3.05) is 59.4 Å². The molecule has 0 saturated heterocycles. The fraction of sp³-hybridized carbons (Fsp3) is 0.957. The number of amides is 1. The number of hydrogen-bond acceptors (Lipinski definition) is 6. The highest BCUT2D eigenvalue weighted by Gasteiger charge is 2.60. The van der Waals surface area contributed by atoms with E-state index in [4.69, 9.17) is 24.5 Å². The second kappa shape index (κ2) is 11.7. The lowest BCUT2D eigenvalue weighted by molar-refractivity contribution is -0.140. The zero-order chi connectivity index (χ0) is 22.9. The summed E-state index contributed by atoms with van der Waals surface area (Å²) >= 11 is 0. The summed E-state index contributed by atoms with van der Waals surface area (Å²) in [6, 6.07) is 0. The van der Waals surface area contributed by atoms with Crippen LogP contribution in [-0.2, 0) is 23.7 Å². The molecule has 4 fully saturated rings. The summed E-state index contributed by atoms with van der Waals surface area (Å²) in [5.41, 5.74) is 8.95. The van der Waals surface area contributed by atoms with Crippen molar-refractivity contribution in [1.82, 2.24) is 5.32 Å². The summed E-state index contributed by atoms with van der Waals surface area (Å²) in [5.74, 6) is 0.894. The van der Waals surface area contributed by atoms with Crippen LogP contribution in [0.2, 0.25) is 0 Å². The van der Waals surface area contributed by atoms with Gasteiger partial charge in [0.2, 0.25) is 5.91 Å². The maximum Gasteiger partial charge on any atom is 0.222 e. The lowest BCUT2D eigenvalue weighted by Gasteiger charge is -2.65. The van der Waals surface area contributed by atoms with E-state index in [0.29, 0.717) is 76.7 Å². The van der Waals surface area contributed by atoms with Crippen molar-refractivity contribution in [3.05, 3.63) is 10.4 Å². The van der Waals surface area contributed by atoms with Crippen molar-refractivity contribution in [2.45, 2.75) is 64.3 Å². The molecule has 1 N–H and O–H groups in total. The minimum Gasteiger partial charge on any atom is -0.379 e. The Morgan fingerprint density at radius 3 is 1.94 bits per heavy atom. The van der Waals surface area contributed by atoms with E-state index in [0.717, 1.165) is 25.2 Å². The molecule has 0 aromatic rings. The third-order valence-corrected chi connectivity index (χ3v) is 7.02. The van der Waals surface area contributed by atoms with Crippen LogP contribution in [0.25, 0.3) is 10.4 Å². The number of carbonyl (C=O) groups excluding carboxylic acids is 1. The normalized spacial score (nSPS) is 32.6. The number of azide groups is 1. The topological polar surface area (TPSA) is 115 Å². The fourth-order valence-corrected chi connectivity index (χ4v) is 7.02. The molecule has 4 bridgehead atoms. The zero-order valence-corrected chi connectivity index (χ0v) is 19.8. The van der Waals surface area contributed by atoms with Crippen LogP contribution in [0.4, 0.5) is 0 Å². The van der Waals surface area contributed by atoms with Gasteiger partial charge in [-0.1, -0.05) is 19.0 Å². The van der Waals surface area contributed by atoms with E-state index >= 15 is 0 Å². The van der Waals surface area contributed by atoms with Crippen LogP contribution in [-0.4, -0.2) is 70.8 Å². The van der Waals surface area contributed by atoms with Crippen molar-refractivity contribution in [3.8, 4) is 0 Å². The van der Waals surface area contributed by atoms with Crippen LogP contribution in [0.5, 0.6) is 0 Å². The molecule has 0 aromatic carbocycles. The first-order valence-corrected chi connectivity index (χ1v) is 12.0. The first-order chi connectivity index (χ1) is 15.4. The average molecular weight is 453 g/mol. The number of nitrogens with zero attached hydrogens (tertiary/aromatic N) is 3. The maximum absolute atomic E-state index is 12.6. The summed E-state index contributed by atoms with van der Waals surface area (Å²) in [7, 11) is 0. The molecule has 182 valence electrons. The van der Waals surface area contributed by atoms with Crippen molar-refractivity contribution in [2.24, 2.45) is 21.9 Å². The molecule has 2 unspecified atom stereocenters. The molecule has 0 radical (unpaired) electrons. The molecule has 9 nitrogen and oxygen atoms in total. The van der Waals surface area contributed by atoms with E-state index < -0.39 is 0 Å². The number of carbonyl (C=O) groups is 1. The molecular weight excluding hydrogens is 412 g/mol. The molecule has 4 atom stereocenters. The number of ether oxygens (including phenoxy) is 4. The second-order valence-electron chi connectivity index (χ2n) is 10.6. The molecule has 0 heterocycles. The number of nitrogens with one attached hydrogen (secondary N) is 1. The van der Waals surface area contributed by atoms with Gasteiger partial charge in [-0.05, 0) is 60.8 Å². The number of hydrogen-bond donors (Lipinski definition) is 1. The molecule has 4 aliphatic rings. The standard InChI is InChI=1S/C23H40N4O5/c1-21-13-19-14-22(2,16-21)18-23(15-19,17-21)26-20(28)3-5-29-7-9-31-11-12-32-10-8-30-6-4-25-27-24/h19H,3-18H2,1-2H3,(H,26,28)/t19?,21-,22+,23?. The Labute approximate surface area is 191 Å². The van der Waals surface area contributed by atoms with Gasteiger partial charge in [-0.25, -0.2) is 0 Å². The largest absolute Gasteiger partial charge is 0.379 e. The Balaban J connectivity index is 1.16. The third-order valence-electron chi connectivity index (χ3n) is 7.02. The lowest BCUT2D eigenvalue weighted by atomic mass is 9.43. The lowest BCUT2D eigenvalue weighted by Crippen LogP contribution is -2.65. The van der Waals surface area contributed by atoms with Gasteiger partial charge in [0.15, 0.2) is 0 Å². The molecule has 0 aromatic heterocycles. The molecule has 4 saturated carbocycles. The van der Waals surface area contributed by atoms with Crippen molar-refractivity contribution in [3.63, 3.8) is 0 Å². The van der Waals surface area contributed by atoms with E-state index in [9.17, 15) is 4.79 Å². The van der Waals surface area contributed by atoms with Gasteiger partial charge in [0.25, 0.3) is 0 Å². The summed E-state index contributed by atoms with van der Waals surface area (Å²) in [5, 5.41) is 6.81. The molecule has 9 heteroatoms. The van der Waals surface area contributed by atoms with Gasteiger partial charge in [0.1, 0.15) is 0 Å². The zero-order valence-electron chi connectivity index (χ0n) is 19.8. The van der Waals surface area contributed by atoms with Gasteiger partial charge in [-0.15, -0.1) is 0 Å². The van der Waals surface area contributed by atoms with E-state index in [1.54, 1.807) is 0 Å². The second-order valence-corrected chi connectivity index (χ2v) is 10.6. The number of rotatable bonds is 16. The summed E-state index contributed by atoms with van der Waals surface area (Å²) in [6.45, 7) is 8.88. The predicted molar refractivity (Wildman–Crippen MR) is 120 cm³/mol. The molecule has 4 aliphatic carbocycles. The maximum atomic E-state index is 12.6. The third kappa shape index (κ3) is 7.59. The molecule has 0 spiro atoms. The van der Waals surface area contributed by atoms with Gasteiger partial charge >= 0.3 is 0 Å². The van der Waals surface area contributed by atoms with Gasteiger partial charge in [-0.3, -0.25) is 4.79 Å². The van der Waals surface area contributed by atoms with Crippen LogP contribution < -0.4 is 5.32 Å². The summed E-state index contributed by atoms with van der Waals surface area (Å²) in [6.07, 6.45) is 7.81. The Morgan fingerprint density at radius 2 is 1.41 bits per heavy atom. The van der Waals surface area contributed by atoms with Crippen LogP contribution >= 0.6 is 0 Å². The first kappa shape index (κ1) is 25.2. The summed E-state index contributed by atoms with van der Waals surface area (Å²) in [4.78, 5) is 15.2. The Bertz CT molecular complexity index is 651. The SMILES string of the molecule is C[C@]12CC3CC(NC(=O)CCOCCOCCOCCOCCN=[N+]=[N-])(C1)C[C@@](C)(C3)C2. The van der Waals surface area contributed by atoms with Gasteiger partial charge in [0, 0.05) is 23.4 Å². The molecule has 1 amide bonds. The minimum atomic E-state index is 0.0126. The molecule has 0 aliphatic heterocycles. The Morgan fingerprint density at radius 1 is 0.875 bits per heavy atom. The quantitative estimate of drug-likeness (QED) is 0.166. The van der Waals surface area contributed by atoms with Crippen molar-refractivity contribution < 1.29 is 23.7 Å². The first-order valence-electron chi connectivity index (χ1n) is 12.0. The van der Waals surface area contributed by atoms with Crippen LogP contribution in [0, 0.1) is 16.7 Å². The minimum absolute atomic E-state index is 0.0126. The highest BCUT2D eigenvalue weighted by atomic mass is 16.6. The average Bonchev–Trinajstić information content (AvgIpc) is 2.67. The Hall–Kier alpha value is -1.38. The molecule has 32 heavy (non-hydrogen) atoms. The summed E-state index contributed by atoms with van der Waals surface area (Å²) < 4.78 is 21.7. The monoisotopic (exact) mass is 452 g/mol. The smallest absolute Gasteiger partial charge is 0.222 e. The van der Waals surface area contributed by atoms with Gasteiger partial charge in [0.05, 0.1) is 52.9 Å².